The lowest BCUT2D eigenvalue weighted by Gasteiger charge is -2.18. The molecule has 1 fully saturated rings. The number of carbonyl (C=O) groups excluding carboxylic acids is 1. The first-order valence-corrected chi connectivity index (χ1v) is 8.48. The van der Waals surface area contributed by atoms with Gasteiger partial charge >= 0.3 is 5.97 Å². The van der Waals surface area contributed by atoms with E-state index in [1.54, 1.807) is 31.4 Å². The highest BCUT2D eigenvalue weighted by atomic mass is 32.2. The monoisotopic (exact) mass is 310 g/mol. The zero-order valence-electron chi connectivity index (χ0n) is 12.7. The molecule has 0 aromatic heterocycles. The van der Waals surface area contributed by atoms with Gasteiger partial charge in [0.2, 0.25) is 0 Å². The zero-order chi connectivity index (χ0) is 15.4. The van der Waals surface area contributed by atoms with Crippen LogP contribution < -0.4 is 0 Å². The lowest BCUT2D eigenvalue weighted by molar-refractivity contribution is -0.0206. The Bertz CT molecular complexity index is 510. The molecule has 0 N–H and O–H groups in total. The Morgan fingerprint density at radius 2 is 1.81 bits per heavy atom. The average Bonchev–Trinajstić information content (AvgIpc) is 2.93. The molecule has 116 valence electrons. The topological polar surface area (TPSA) is 52.6 Å². The van der Waals surface area contributed by atoms with Crippen molar-refractivity contribution in [2.24, 2.45) is 0 Å². The van der Waals surface area contributed by atoms with Crippen molar-refractivity contribution in [1.29, 1.82) is 0 Å². The summed E-state index contributed by atoms with van der Waals surface area (Å²) < 4.78 is 22.8. The Kier molecular flexibility index (Phi) is 5.53. The third-order valence-corrected chi connectivity index (χ3v) is 5.30. The third-order valence-electron chi connectivity index (χ3n) is 3.70. The molecule has 0 saturated heterocycles. The molecule has 1 saturated carbocycles. The van der Waals surface area contributed by atoms with Gasteiger partial charge in [-0.25, -0.2) is 4.79 Å². The molecule has 3 atom stereocenters. The van der Waals surface area contributed by atoms with E-state index in [0.29, 0.717) is 5.56 Å². The molecule has 1 aliphatic carbocycles. The number of esters is 1. The minimum Gasteiger partial charge on any atom is -0.456 e. The van der Waals surface area contributed by atoms with Crippen LogP contribution in [0, 0.1) is 0 Å². The van der Waals surface area contributed by atoms with E-state index >= 15 is 0 Å². The van der Waals surface area contributed by atoms with Gasteiger partial charge in [-0.1, -0.05) is 13.8 Å². The minimum absolute atomic E-state index is 0.00154. The Morgan fingerprint density at radius 3 is 2.38 bits per heavy atom. The summed E-state index contributed by atoms with van der Waals surface area (Å²) in [7, 11) is 0.606. The first-order valence-electron chi connectivity index (χ1n) is 7.27. The second-order valence-corrected chi connectivity index (χ2v) is 7.53. The van der Waals surface area contributed by atoms with Gasteiger partial charge in [0.1, 0.15) is 6.10 Å². The highest BCUT2D eigenvalue weighted by Crippen LogP contribution is 2.25. The van der Waals surface area contributed by atoms with Crippen molar-refractivity contribution in [2.75, 3.05) is 7.11 Å². The largest absolute Gasteiger partial charge is 0.456 e. The van der Waals surface area contributed by atoms with Crippen LogP contribution in [0.4, 0.5) is 0 Å². The van der Waals surface area contributed by atoms with Gasteiger partial charge in [-0.15, -0.1) is 0 Å². The molecule has 0 aliphatic heterocycles. The van der Waals surface area contributed by atoms with E-state index in [1.807, 2.05) is 13.8 Å². The number of ether oxygens (including phenoxy) is 2. The number of hydrogen-bond donors (Lipinski definition) is 0. The molecular weight excluding hydrogens is 288 g/mol. The van der Waals surface area contributed by atoms with E-state index in [-0.39, 0.29) is 23.4 Å². The minimum atomic E-state index is -1.04. The molecule has 4 nitrogen and oxygen atoms in total. The van der Waals surface area contributed by atoms with Crippen molar-refractivity contribution >= 4 is 16.8 Å². The van der Waals surface area contributed by atoms with Gasteiger partial charge in [0.25, 0.3) is 0 Å². The van der Waals surface area contributed by atoms with E-state index in [2.05, 4.69) is 0 Å². The second-order valence-electron chi connectivity index (χ2n) is 5.52. The third kappa shape index (κ3) is 3.92. The summed E-state index contributed by atoms with van der Waals surface area (Å²) in [4.78, 5) is 12.9. The fraction of sp³-hybridized carbons (Fsp3) is 0.562. The second kappa shape index (κ2) is 7.18. The summed E-state index contributed by atoms with van der Waals surface area (Å²) in [6.07, 6.45) is 2.64. The fourth-order valence-corrected chi connectivity index (χ4v) is 3.45. The lowest BCUT2D eigenvalue weighted by Crippen LogP contribution is -2.27. The zero-order valence-corrected chi connectivity index (χ0v) is 13.5. The van der Waals surface area contributed by atoms with Crippen LogP contribution in [0.1, 0.15) is 43.5 Å². The van der Waals surface area contributed by atoms with Crippen LogP contribution >= 0.6 is 0 Å². The average molecular weight is 310 g/mol. The van der Waals surface area contributed by atoms with Crippen LogP contribution in [0.3, 0.4) is 0 Å². The molecule has 1 aromatic rings. The normalized spacial score (nSPS) is 23.2. The maximum atomic E-state index is 12.1. The molecule has 5 heteroatoms. The van der Waals surface area contributed by atoms with Crippen molar-refractivity contribution in [3.05, 3.63) is 29.8 Å². The van der Waals surface area contributed by atoms with Crippen molar-refractivity contribution in [2.45, 2.75) is 55.5 Å². The first kappa shape index (κ1) is 16.2. The molecule has 21 heavy (non-hydrogen) atoms. The molecule has 1 aromatic carbocycles. The number of benzene rings is 1. The molecule has 0 spiro atoms. The van der Waals surface area contributed by atoms with Gasteiger partial charge in [-0.2, -0.15) is 0 Å². The van der Waals surface area contributed by atoms with Crippen molar-refractivity contribution in [1.82, 2.24) is 0 Å². The first-order chi connectivity index (χ1) is 10.0. The quantitative estimate of drug-likeness (QED) is 0.785. The maximum Gasteiger partial charge on any atom is 0.338 e. The van der Waals surface area contributed by atoms with E-state index in [9.17, 15) is 9.00 Å². The highest BCUT2D eigenvalue weighted by Gasteiger charge is 2.30. The molecule has 3 unspecified atom stereocenters. The fourth-order valence-electron chi connectivity index (χ4n) is 2.50. The molecule has 0 radical (unpaired) electrons. The molecule has 1 aliphatic rings. The predicted molar refractivity (Wildman–Crippen MR) is 81.8 cm³/mol. The van der Waals surface area contributed by atoms with E-state index in [1.165, 1.54) is 0 Å². The van der Waals surface area contributed by atoms with Gasteiger partial charge in [-0.3, -0.25) is 4.21 Å². The SMILES string of the molecule is COC1CCCC1OC(=O)c1ccc(S(=O)C(C)C)cc1. The Balaban J connectivity index is 2.01. The predicted octanol–water partition coefficient (Wildman–Crippen LogP) is 2.93. The highest BCUT2D eigenvalue weighted by molar-refractivity contribution is 7.85. The van der Waals surface area contributed by atoms with Crippen LogP contribution in [0.15, 0.2) is 29.2 Å². The summed E-state index contributed by atoms with van der Waals surface area (Å²) in [5, 5.41) is 0.0590. The number of rotatable bonds is 5. The van der Waals surface area contributed by atoms with Crippen LogP contribution in [-0.4, -0.2) is 34.7 Å². The van der Waals surface area contributed by atoms with Gasteiger partial charge < -0.3 is 9.47 Å². The standard InChI is InChI=1S/C16H22O4S/c1-11(2)21(18)13-9-7-12(8-10-13)16(17)20-15-6-4-5-14(15)19-3/h7-11,14-15H,4-6H2,1-3H3. The van der Waals surface area contributed by atoms with Crippen molar-refractivity contribution in [3.8, 4) is 0 Å². The maximum absolute atomic E-state index is 12.1. The Hall–Kier alpha value is -1.20. The molecule has 2 rings (SSSR count). The summed E-state index contributed by atoms with van der Waals surface area (Å²) in [6.45, 7) is 3.81. The smallest absolute Gasteiger partial charge is 0.338 e. The van der Waals surface area contributed by atoms with E-state index in [4.69, 9.17) is 9.47 Å². The van der Waals surface area contributed by atoms with Gasteiger partial charge in [-0.05, 0) is 43.5 Å². The lowest BCUT2D eigenvalue weighted by atomic mass is 10.2. The number of methoxy groups -OCH3 is 1. The van der Waals surface area contributed by atoms with Gasteiger partial charge in [0, 0.05) is 17.3 Å². The van der Waals surface area contributed by atoms with Crippen LogP contribution in [0.2, 0.25) is 0 Å². The Labute approximate surface area is 128 Å². The van der Waals surface area contributed by atoms with Crippen LogP contribution in [0.25, 0.3) is 0 Å². The summed E-state index contributed by atoms with van der Waals surface area (Å²) in [5.74, 6) is -0.342. The number of carbonyl (C=O) groups is 1. The molecule has 0 amide bonds. The van der Waals surface area contributed by atoms with Gasteiger partial charge in [0.05, 0.1) is 22.5 Å². The van der Waals surface area contributed by atoms with Gasteiger partial charge in [0.15, 0.2) is 0 Å². The Morgan fingerprint density at radius 1 is 1.19 bits per heavy atom. The van der Waals surface area contributed by atoms with E-state index in [0.717, 1.165) is 24.2 Å². The molecule has 0 bridgehead atoms. The van der Waals surface area contributed by atoms with Crippen molar-refractivity contribution in [3.63, 3.8) is 0 Å². The van der Waals surface area contributed by atoms with Crippen LogP contribution in [0.5, 0.6) is 0 Å². The number of hydrogen-bond acceptors (Lipinski definition) is 4. The molecular formula is C16H22O4S. The van der Waals surface area contributed by atoms with Crippen molar-refractivity contribution < 1.29 is 18.5 Å². The summed E-state index contributed by atoms with van der Waals surface area (Å²) >= 11 is 0. The van der Waals surface area contributed by atoms with E-state index < -0.39 is 10.8 Å². The molecule has 0 heterocycles. The van der Waals surface area contributed by atoms with Crippen LogP contribution in [-0.2, 0) is 20.3 Å². The summed E-state index contributed by atoms with van der Waals surface area (Å²) in [6, 6.07) is 6.81. The summed E-state index contributed by atoms with van der Waals surface area (Å²) in [5.41, 5.74) is 0.487.